The molecular weight excluding hydrogens is 671 g/mol. The molecule has 0 saturated carbocycles. The van der Waals surface area contributed by atoms with Crippen molar-refractivity contribution in [1.82, 2.24) is 9.21 Å². The first-order valence-corrected chi connectivity index (χ1v) is 19.4. The molecule has 0 bridgehead atoms. The average Bonchev–Trinajstić information content (AvgIpc) is 3.86. The maximum atomic E-state index is 13.3. The van der Waals surface area contributed by atoms with Crippen LogP contribution in [-0.2, 0) is 32.6 Å². The molecule has 2 saturated heterocycles. The van der Waals surface area contributed by atoms with Crippen molar-refractivity contribution in [2.75, 3.05) is 37.3 Å². The van der Waals surface area contributed by atoms with Crippen molar-refractivity contribution in [3.8, 4) is 16.2 Å². The molecule has 2 amide bonds. The fourth-order valence-electron chi connectivity index (χ4n) is 6.58. The number of nitrogens with one attached hydrogen (secondary N) is 1. The van der Waals surface area contributed by atoms with E-state index in [0.717, 1.165) is 42.2 Å². The first kappa shape index (κ1) is 33.8. The van der Waals surface area contributed by atoms with E-state index in [0.29, 0.717) is 22.2 Å². The van der Waals surface area contributed by atoms with E-state index >= 15 is 0 Å². The summed E-state index contributed by atoms with van der Waals surface area (Å²) in [4.78, 5) is 29.8. The van der Waals surface area contributed by atoms with Gasteiger partial charge in [0.15, 0.2) is 0 Å². The van der Waals surface area contributed by atoms with Crippen molar-refractivity contribution in [3.05, 3.63) is 120 Å². The Morgan fingerprint density at radius 1 is 0.840 bits per heavy atom. The lowest BCUT2D eigenvalue weighted by atomic mass is 9.99. The van der Waals surface area contributed by atoms with Gasteiger partial charge in [0, 0.05) is 21.8 Å². The summed E-state index contributed by atoms with van der Waals surface area (Å²) in [5.41, 5.74) is 4.64. The van der Waals surface area contributed by atoms with Gasteiger partial charge in [-0.2, -0.15) is 4.31 Å². The molecule has 50 heavy (non-hydrogen) atoms. The standard InChI is InChI=1S/C39H39N3O6S2/c43-38(35-20-25-50(45,46)42(35)39(44)48-27-29-8-2-1-3-9-29)40-31-16-14-30(15-17-31)37-34(33-10-4-5-11-36(33)49-37)26-28-12-18-32(19-13-28)47-24-23-41-21-6-7-22-41/h1-5,8-19,35H,6-7,20-27H2,(H,40,43). The van der Waals surface area contributed by atoms with Crippen LogP contribution in [0, 0.1) is 0 Å². The number of hydrogen-bond acceptors (Lipinski definition) is 8. The molecule has 2 aliphatic rings. The second kappa shape index (κ2) is 15.0. The van der Waals surface area contributed by atoms with Gasteiger partial charge in [-0.25, -0.2) is 13.2 Å². The normalized spacial score (nSPS) is 17.2. The molecule has 2 aliphatic heterocycles. The van der Waals surface area contributed by atoms with Crippen LogP contribution in [0.1, 0.15) is 36.0 Å². The minimum absolute atomic E-state index is 0.0104. The number of ether oxygens (including phenoxy) is 2. The Hall–Kier alpha value is -4.71. The SMILES string of the molecule is O=C(Nc1ccc(-c2sc3ccccc3c2Cc2ccc(OCCN3CCCC3)cc2)cc1)C1CCS(=O)(=O)N1C(=O)OCc1ccccc1. The topological polar surface area (TPSA) is 105 Å². The Balaban J connectivity index is 1.03. The van der Waals surface area contributed by atoms with E-state index < -0.39 is 28.1 Å². The van der Waals surface area contributed by atoms with Crippen LogP contribution in [0.4, 0.5) is 10.5 Å². The molecule has 0 aliphatic carbocycles. The molecule has 5 aromatic rings. The summed E-state index contributed by atoms with van der Waals surface area (Å²) in [5, 5.41) is 4.02. The lowest BCUT2D eigenvalue weighted by Crippen LogP contribution is -2.45. The Bertz CT molecular complexity index is 2060. The highest BCUT2D eigenvalue weighted by Gasteiger charge is 2.46. The first-order valence-electron chi connectivity index (χ1n) is 16.9. The molecule has 0 spiro atoms. The van der Waals surface area contributed by atoms with Crippen LogP contribution in [0.25, 0.3) is 20.5 Å². The van der Waals surface area contributed by atoms with Crippen LogP contribution >= 0.6 is 11.3 Å². The fourth-order valence-corrected chi connectivity index (χ4v) is 9.39. The number of hydrogen-bond donors (Lipinski definition) is 1. The summed E-state index contributed by atoms with van der Waals surface area (Å²) in [5.74, 6) is -0.0156. The molecular formula is C39H39N3O6S2. The monoisotopic (exact) mass is 709 g/mol. The fraction of sp³-hybridized carbons (Fsp3) is 0.282. The zero-order valence-corrected chi connectivity index (χ0v) is 29.3. The van der Waals surface area contributed by atoms with Gasteiger partial charge in [-0.15, -0.1) is 11.3 Å². The molecule has 258 valence electrons. The van der Waals surface area contributed by atoms with Gasteiger partial charge in [0.1, 0.15) is 25.0 Å². The molecule has 4 aromatic carbocycles. The van der Waals surface area contributed by atoms with Crippen molar-refractivity contribution in [2.24, 2.45) is 0 Å². The number of carbonyl (C=O) groups excluding carboxylic acids is 2. The molecule has 1 N–H and O–H groups in total. The van der Waals surface area contributed by atoms with Crippen LogP contribution in [0.3, 0.4) is 0 Å². The minimum Gasteiger partial charge on any atom is -0.492 e. The number of anilines is 1. The Kier molecular flexibility index (Phi) is 10.2. The summed E-state index contributed by atoms with van der Waals surface area (Å²) in [7, 11) is -3.98. The number of sulfonamides is 1. The third-order valence-corrected chi connectivity index (χ3v) is 12.2. The van der Waals surface area contributed by atoms with E-state index in [1.165, 1.54) is 34.1 Å². The Morgan fingerprint density at radius 2 is 1.56 bits per heavy atom. The van der Waals surface area contributed by atoms with Crippen LogP contribution in [0.15, 0.2) is 103 Å². The summed E-state index contributed by atoms with van der Waals surface area (Å²) >= 11 is 1.73. The van der Waals surface area contributed by atoms with E-state index in [2.05, 4.69) is 40.5 Å². The van der Waals surface area contributed by atoms with Crippen molar-refractivity contribution < 1.29 is 27.5 Å². The van der Waals surface area contributed by atoms with E-state index in [1.54, 1.807) is 47.7 Å². The number of amides is 2. The maximum Gasteiger partial charge on any atom is 0.424 e. The number of rotatable bonds is 11. The van der Waals surface area contributed by atoms with Crippen molar-refractivity contribution in [3.63, 3.8) is 0 Å². The van der Waals surface area contributed by atoms with Gasteiger partial charge in [-0.1, -0.05) is 72.8 Å². The van der Waals surface area contributed by atoms with Crippen LogP contribution in [-0.4, -0.2) is 67.7 Å². The number of fused-ring (bicyclic) bond motifs is 1. The third kappa shape index (κ3) is 7.70. The predicted molar refractivity (Wildman–Crippen MR) is 197 cm³/mol. The second-order valence-corrected chi connectivity index (χ2v) is 15.7. The Labute approximate surface area is 296 Å². The molecule has 7 rings (SSSR count). The lowest BCUT2D eigenvalue weighted by molar-refractivity contribution is -0.119. The van der Waals surface area contributed by atoms with Crippen molar-refractivity contribution in [2.45, 2.75) is 38.3 Å². The van der Waals surface area contributed by atoms with Crippen LogP contribution in [0.2, 0.25) is 0 Å². The number of thiophene rings is 1. The van der Waals surface area contributed by atoms with E-state index in [4.69, 9.17) is 9.47 Å². The molecule has 0 radical (unpaired) electrons. The van der Waals surface area contributed by atoms with E-state index in [9.17, 15) is 18.0 Å². The van der Waals surface area contributed by atoms with Gasteiger partial charge in [-0.05, 0) is 96.7 Å². The number of likely N-dealkylation sites (tertiary alicyclic amines) is 1. The van der Waals surface area contributed by atoms with Gasteiger partial charge in [0.2, 0.25) is 15.9 Å². The van der Waals surface area contributed by atoms with Crippen LogP contribution in [0.5, 0.6) is 5.75 Å². The summed E-state index contributed by atoms with van der Waals surface area (Å²) in [6, 6.07) is 32.0. The Morgan fingerprint density at radius 3 is 2.32 bits per heavy atom. The smallest absolute Gasteiger partial charge is 0.424 e. The first-order chi connectivity index (χ1) is 24.3. The molecule has 9 nitrogen and oxygen atoms in total. The third-order valence-electron chi connectivity index (χ3n) is 9.21. The predicted octanol–water partition coefficient (Wildman–Crippen LogP) is 7.31. The van der Waals surface area contributed by atoms with Gasteiger partial charge in [-0.3, -0.25) is 9.69 Å². The zero-order valence-electron chi connectivity index (χ0n) is 27.6. The zero-order chi connectivity index (χ0) is 34.5. The van der Waals surface area contributed by atoms with E-state index in [1.807, 2.05) is 36.4 Å². The molecule has 2 fully saturated rings. The highest BCUT2D eigenvalue weighted by atomic mass is 32.2. The van der Waals surface area contributed by atoms with Crippen molar-refractivity contribution in [1.29, 1.82) is 0 Å². The molecule has 11 heteroatoms. The summed E-state index contributed by atoms with van der Waals surface area (Å²) in [6.45, 7) is 3.87. The lowest BCUT2D eigenvalue weighted by Gasteiger charge is -2.22. The maximum absolute atomic E-state index is 13.3. The molecule has 3 heterocycles. The van der Waals surface area contributed by atoms with Gasteiger partial charge >= 0.3 is 6.09 Å². The quantitative estimate of drug-likeness (QED) is 0.153. The van der Waals surface area contributed by atoms with Crippen LogP contribution < -0.4 is 10.1 Å². The highest BCUT2D eigenvalue weighted by Crippen LogP contribution is 2.40. The van der Waals surface area contributed by atoms with Gasteiger partial charge in [0.05, 0.1) is 5.75 Å². The second-order valence-electron chi connectivity index (χ2n) is 12.6. The molecule has 1 unspecified atom stereocenters. The average molecular weight is 710 g/mol. The van der Waals surface area contributed by atoms with E-state index in [-0.39, 0.29) is 18.8 Å². The molecule has 1 aromatic heterocycles. The van der Waals surface area contributed by atoms with Gasteiger partial charge < -0.3 is 14.8 Å². The van der Waals surface area contributed by atoms with Crippen molar-refractivity contribution >= 4 is 49.1 Å². The summed E-state index contributed by atoms with van der Waals surface area (Å²) in [6.07, 6.45) is 2.23. The number of carbonyl (C=O) groups is 2. The minimum atomic E-state index is -3.98. The van der Waals surface area contributed by atoms with Gasteiger partial charge in [0.25, 0.3) is 0 Å². The number of nitrogens with zero attached hydrogens (tertiary/aromatic N) is 2. The highest BCUT2D eigenvalue weighted by molar-refractivity contribution is 7.89. The largest absolute Gasteiger partial charge is 0.492 e. The number of benzene rings is 4. The summed E-state index contributed by atoms with van der Waals surface area (Å²) < 4.78 is 38.6. The molecule has 1 atom stereocenters.